The zero-order valence-electron chi connectivity index (χ0n) is 12.3. The molecule has 1 fully saturated rings. The van der Waals surface area contributed by atoms with Gasteiger partial charge < -0.3 is 5.32 Å². The van der Waals surface area contributed by atoms with E-state index in [1.807, 2.05) is 6.20 Å². The third-order valence-corrected chi connectivity index (χ3v) is 5.24. The lowest BCUT2D eigenvalue weighted by atomic mass is 10.1. The van der Waals surface area contributed by atoms with E-state index in [0.29, 0.717) is 12.1 Å². The van der Waals surface area contributed by atoms with Crippen molar-refractivity contribution in [3.8, 4) is 0 Å². The van der Waals surface area contributed by atoms with Gasteiger partial charge in [0.2, 0.25) is 0 Å². The molecule has 1 aliphatic heterocycles. The Morgan fingerprint density at radius 1 is 1.55 bits per heavy atom. The van der Waals surface area contributed by atoms with Crippen LogP contribution in [0.25, 0.3) is 10.2 Å². The van der Waals surface area contributed by atoms with E-state index in [-0.39, 0.29) is 0 Å². The summed E-state index contributed by atoms with van der Waals surface area (Å²) in [6.07, 6.45) is 4.69. The lowest BCUT2D eigenvalue weighted by molar-refractivity contribution is 0.255. The number of nitrogens with one attached hydrogen (secondary N) is 1. The van der Waals surface area contributed by atoms with Crippen molar-refractivity contribution >= 4 is 21.6 Å². The predicted octanol–water partition coefficient (Wildman–Crippen LogP) is 3.43. The van der Waals surface area contributed by atoms with Crippen molar-refractivity contribution in [2.24, 2.45) is 0 Å². The van der Waals surface area contributed by atoms with E-state index >= 15 is 0 Å². The quantitative estimate of drug-likeness (QED) is 0.914. The number of aromatic nitrogens is 1. The van der Waals surface area contributed by atoms with Crippen LogP contribution in [0.4, 0.5) is 0 Å². The molecule has 20 heavy (non-hydrogen) atoms. The van der Waals surface area contributed by atoms with Crippen LogP contribution >= 0.6 is 11.3 Å². The number of pyridine rings is 1. The summed E-state index contributed by atoms with van der Waals surface area (Å²) < 4.78 is 1.28. The Morgan fingerprint density at radius 3 is 3.30 bits per heavy atom. The number of hydrogen-bond donors (Lipinski definition) is 1. The molecule has 1 N–H and O–H groups in total. The summed E-state index contributed by atoms with van der Waals surface area (Å²) in [5, 5.41) is 5.79. The molecule has 2 atom stereocenters. The van der Waals surface area contributed by atoms with Crippen LogP contribution in [0.2, 0.25) is 0 Å². The second-order valence-electron chi connectivity index (χ2n) is 5.63. The number of hydrogen-bond acceptors (Lipinski definition) is 4. The molecule has 1 saturated heterocycles. The first kappa shape index (κ1) is 14.0. The molecule has 0 saturated carbocycles. The molecule has 0 spiro atoms. The summed E-state index contributed by atoms with van der Waals surface area (Å²) in [7, 11) is 0. The van der Waals surface area contributed by atoms with Crippen LogP contribution in [0.15, 0.2) is 23.7 Å². The Kier molecular flexibility index (Phi) is 4.34. The minimum atomic E-state index is 0.369. The standard InChI is InChI=1S/C16H23N3S/c1-3-19-7-4-5-14(19)11-17-12(2)13-9-16-15(18-10-13)6-8-20-16/h6,8-10,12,14,17H,3-5,7,11H2,1-2H3. The average Bonchev–Trinajstić information content (AvgIpc) is 3.12. The molecule has 0 amide bonds. The summed E-state index contributed by atoms with van der Waals surface area (Å²) in [4.78, 5) is 7.12. The topological polar surface area (TPSA) is 28.2 Å². The van der Waals surface area contributed by atoms with Gasteiger partial charge in [-0.1, -0.05) is 6.92 Å². The van der Waals surface area contributed by atoms with E-state index in [1.54, 1.807) is 11.3 Å². The highest BCUT2D eigenvalue weighted by Gasteiger charge is 2.23. The molecule has 3 rings (SSSR count). The second-order valence-corrected chi connectivity index (χ2v) is 6.57. The van der Waals surface area contributed by atoms with Crippen molar-refractivity contribution in [1.82, 2.24) is 15.2 Å². The molecular formula is C16H23N3S. The monoisotopic (exact) mass is 289 g/mol. The molecule has 2 unspecified atom stereocenters. The summed E-state index contributed by atoms with van der Waals surface area (Å²) in [5.41, 5.74) is 2.40. The fraction of sp³-hybridized carbons (Fsp3) is 0.562. The zero-order chi connectivity index (χ0) is 13.9. The molecule has 3 nitrogen and oxygen atoms in total. The van der Waals surface area contributed by atoms with Crippen LogP contribution < -0.4 is 5.32 Å². The van der Waals surface area contributed by atoms with E-state index in [1.165, 1.54) is 36.2 Å². The van der Waals surface area contributed by atoms with Crippen LogP contribution in [0, 0.1) is 0 Å². The highest BCUT2D eigenvalue weighted by molar-refractivity contribution is 7.17. The lowest BCUT2D eigenvalue weighted by Crippen LogP contribution is -2.38. The molecular weight excluding hydrogens is 266 g/mol. The van der Waals surface area contributed by atoms with Gasteiger partial charge in [-0.3, -0.25) is 9.88 Å². The van der Waals surface area contributed by atoms with Gasteiger partial charge in [0, 0.05) is 24.8 Å². The van der Waals surface area contributed by atoms with Crippen LogP contribution in [-0.2, 0) is 0 Å². The molecule has 4 heteroatoms. The van der Waals surface area contributed by atoms with Gasteiger partial charge in [0.25, 0.3) is 0 Å². The highest BCUT2D eigenvalue weighted by Crippen LogP contribution is 2.23. The van der Waals surface area contributed by atoms with Crippen molar-refractivity contribution in [2.75, 3.05) is 19.6 Å². The third kappa shape index (κ3) is 2.87. The van der Waals surface area contributed by atoms with Gasteiger partial charge in [-0.2, -0.15) is 0 Å². The summed E-state index contributed by atoms with van der Waals surface area (Å²) in [6, 6.07) is 5.44. The van der Waals surface area contributed by atoms with Gasteiger partial charge in [-0.15, -0.1) is 11.3 Å². The number of rotatable bonds is 5. The third-order valence-electron chi connectivity index (χ3n) is 4.39. The predicted molar refractivity (Wildman–Crippen MR) is 86.3 cm³/mol. The largest absolute Gasteiger partial charge is 0.309 e. The van der Waals surface area contributed by atoms with Gasteiger partial charge in [-0.25, -0.2) is 0 Å². The average molecular weight is 289 g/mol. The maximum Gasteiger partial charge on any atom is 0.0809 e. The molecule has 0 radical (unpaired) electrons. The Morgan fingerprint density at radius 2 is 2.45 bits per heavy atom. The number of thiophene rings is 1. The zero-order valence-corrected chi connectivity index (χ0v) is 13.1. The maximum atomic E-state index is 4.53. The Hall–Kier alpha value is -0.970. The summed E-state index contributed by atoms with van der Waals surface area (Å²) >= 11 is 1.77. The highest BCUT2D eigenvalue weighted by atomic mass is 32.1. The molecule has 3 heterocycles. The van der Waals surface area contributed by atoms with E-state index < -0.39 is 0 Å². The molecule has 108 valence electrons. The van der Waals surface area contributed by atoms with Gasteiger partial charge in [-0.05, 0) is 55.9 Å². The number of fused-ring (bicyclic) bond motifs is 1. The van der Waals surface area contributed by atoms with E-state index in [9.17, 15) is 0 Å². The minimum absolute atomic E-state index is 0.369. The smallest absolute Gasteiger partial charge is 0.0809 e. The van der Waals surface area contributed by atoms with Crippen LogP contribution in [0.1, 0.15) is 38.3 Å². The fourth-order valence-electron chi connectivity index (χ4n) is 3.07. The van der Waals surface area contributed by atoms with Crippen LogP contribution in [0.3, 0.4) is 0 Å². The van der Waals surface area contributed by atoms with Gasteiger partial charge >= 0.3 is 0 Å². The van der Waals surface area contributed by atoms with Crippen molar-refractivity contribution in [3.05, 3.63) is 29.3 Å². The van der Waals surface area contributed by atoms with Gasteiger partial charge in [0.1, 0.15) is 0 Å². The summed E-state index contributed by atoms with van der Waals surface area (Å²) in [5.74, 6) is 0. The second kappa shape index (κ2) is 6.20. The maximum absolute atomic E-state index is 4.53. The van der Waals surface area contributed by atoms with E-state index in [4.69, 9.17) is 0 Å². The normalized spacial score (nSPS) is 21.6. The first-order valence-corrected chi connectivity index (χ1v) is 8.46. The number of likely N-dealkylation sites (tertiary alicyclic amines) is 1. The molecule has 1 aliphatic rings. The van der Waals surface area contributed by atoms with Gasteiger partial charge in [0.15, 0.2) is 0 Å². The van der Waals surface area contributed by atoms with Gasteiger partial charge in [0.05, 0.1) is 10.2 Å². The molecule has 0 aromatic carbocycles. The Balaban J connectivity index is 1.62. The molecule has 2 aromatic rings. The van der Waals surface area contributed by atoms with E-state index in [2.05, 4.69) is 46.6 Å². The van der Waals surface area contributed by atoms with E-state index in [0.717, 1.165) is 12.1 Å². The van der Waals surface area contributed by atoms with Crippen molar-refractivity contribution < 1.29 is 0 Å². The molecule has 0 bridgehead atoms. The van der Waals surface area contributed by atoms with Crippen molar-refractivity contribution in [2.45, 2.75) is 38.8 Å². The molecule has 0 aliphatic carbocycles. The van der Waals surface area contributed by atoms with Crippen LogP contribution in [0.5, 0.6) is 0 Å². The number of nitrogens with zero attached hydrogens (tertiary/aromatic N) is 2. The molecule has 2 aromatic heterocycles. The lowest BCUT2D eigenvalue weighted by Gasteiger charge is -2.25. The number of likely N-dealkylation sites (N-methyl/N-ethyl adjacent to an activating group) is 1. The summed E-state index contributed by atoms with van der Waals surface area (Å²) in [6.45, 7) is 8.01. The SMILES string of the molecule is CCN1CCCC1CNC(C)c1cnc2ccsc2c1. The minimum Gasteiger partial charge on any atom is -0.309 e. The first-order chi connectivity index (χ1) is 9.78. The first-order valence-electron chi connectivity index (χ1n) is 7.58. The van der Waals surface area contributed by atoms with Crippen molar-refractivity contribution in [3.63, 3.8) is 0 Å². The Labute approximate surface area is 125 Å². The van der Waals surface area contributed by atoms with Crippen molar-refractivity contribution in [1.29, 1.82) is 0 Å². The van der Waals surface area contributed by atoms with Crippen LogP contribution in [-0.4, -0.2) is 35.6 Å². The Bertz CT molecular complexity index is 566. The fourth-order valence-corrected chi connectivity index (χ4v) is 3.86.